The van der Waals surface area contributed by atoms with Crippen LogP contribution in [0.2, 0.25) is 0 Å². The number of aryl methyl sites for hydroxylation is 1. The summed E-state index contributed by atoms with van der Waals surface area (Å²) in [5.74, 6) is -0.0411. The SMILES string of the molecule is O=C(CCn1cc(Br)cn1)Nc1cccc(Cn2cc(Br)cn2)c1. The van der Waals surface area contributed by atoms with Crippen molar-refractivity contribution in [2.75, 3.05) is 5.32 Å². The highest BCUT2D eigenvalue weighted by Crippen LogP contribution is 2.14. The number of nitrogens with one attached hydrogen (secondary N) is 1. The van der Waals surface area contributed by atoms with Gasteiger partial charge >= 0.3 is 0 Å². The summed E-state index contributed by atoms with van der Waals surface area (Å²) in [5, 5.41) is 11.3. The average molecular weight is 453 g/mol. The van der Waals surface area contributed by atoms with Crippen molar-refractivity contribution in [1.82, 2.24) is 19.6 Å². The Kier molecular flexibility index (Phi) is 5.47. The molecule has 0 saturated carbocycles. The van der Waals surface area contributed by atoms with E-state index in [0.29, 0.717) is 19.5 Å². The molecular weight excluding hydrogens is 438 g/mol. The quantitative estimate of drug-likeness (QED) is 0.620. The van der Waals surface area contributed by atoms with E-state index in [2.05, 4.69) is 47.4 Å². The minimum Gasteiger partial charge on any atom is -0.326 e. The Morgan fingerprint density at radius 3 is 2.46 bits per heavy atom. The number of aromatic nitrogens is 4. The van der Waals surface area contributed by atoms with Crippen LogP contribution in [0.15, 0.2) is 58.0 Å². The lowest BCUT2D eigenvalue weighted by Gasteiger charge is -2.08. The molecule has 2 heterocycles. The molecule has 0 fully saturated rings. The van der Waals surface area contributed by atoms with Crippen LogP contribution >= 0.6 is 31.9 Å². The van der Waals surface area contributed by atoms with Gasteiger partial charge in [0.15, 0.2) is 0 Å². The van der Waals surface area contributed by atoms with E-state index < -0.39 is 0 Å². The summed E-state index contributed by atoms with van der Waals surface area (Å²) in [6.07, 6.45) is 7.57. The Balaban J connectivity index is 1.56. The first-order chi connectivity index (χ1) is 11.6. The molecule has 8 heteroatoms. The molecule has 6 nitrogen and oxygen atoms in total. The van der Waals surface area contributed by atoms with Crippen molar-refractivity contribution in [3.8, 4) is 0 Å². The molecule has 0 bridgehead atoms. The van der Waals surface area contributed by atoms with Gasteiger partial charge in [-0.05, 0) is 49.6 Å². The van der Waals surface area contributed by atoms with Gasteiger partial charge in [0.1, 0.15) is 0 Å². The third kappa shape index (κ3) is 4.78. The molecule has 1 amide bonds. The molecule has 0 aliphatic heterocycles. The second-order valence-corrected chi connectivity index (χ2v) is 7.11. The number of carbonyl (C=O) groups is 1. The molecule has 124 valence electrons. The van der Waals surface area contributed by atoms with E-state index in [1.165, 1.54) is 0 Å². The second-order valence-electron chi connectivity index (χ2n) is 5.28. The molecule has 3 aromatic rings. The smallest absolute Gasteiger partial charge is 0.226 e. The Bertz CT molecular complexity index is 842. The van der Waals surface area contributed by atoms with Crippen LogP contribution in [0.1, 0.15) is 12.0 Å². The third-order valence-corrected chi connectivity index (χ3v) is 4.15. The minimum atomic E-state index is -0.0411. The summed E-state index contributed by atoms with van der Waals surface area (Å²) < 4.78 is 5.41. The van der Waals surface area contributed by atoms with Gasteiger partial charge in [-0.3, -0.25) is 14.2 Å². The summed E-state index contributed by atoms with van der Waals surface area (Å²) in [6.45, 7) is 1.19. The number of hydrogen-bond acceptors (Lipinski definition) is 3. The highest BCUT2D eigenvalue weighted by Gasteiger charge is 2.05. The zero-order chi connectivity index (χ0) is 16.9. The lowest BCUT2D eigenvalue weighted by molar-refractivity contribution is -0.116. The lowest BCUT2D eigenvalue weighted by Crippen LogP contribution is -2.15. The molecule has 1 N–H and O–H groups in total. The number of carbonyl (C=O) groups excluding carboxylic acids is 1. The van der Waals surface area contributed by atoms with E-state index in [9.17, 15) is 4.79 Å². The third-order valence-electron chi connectivity index (χ3n) is 3.33. The van der Waals surface area contributed by atoms with Gasteiger partial charge in [-0.15, -0.1) is 0 Å². The Morgan fingerprint density at radius 1 is 1.08 bits per heavy atom. The Labute approximate surface area is 156 Å². The van der Waals surface area contributed by atoms with Gasteiger partial charge in [0.2, 0.25) is 5.91 Å². The fourth-order valence-corrected chi connectivity index (χ4v) is 2.92. The first-order valence-corrected chi connectivity index (χ1v) is 8.92. The summed E-state index contributed by atoms with van der Waals surface area (Å²) >= 11 is 6.72. The van der Waals surface area contributed by atoms with E-state index in [0.717, 1.165) is 20.2 Å². The number of hydrogen-bond donors (Lipinski definition) is 1. The number of rotatable bonds is 6. The predicted molar refractivity (Wildman–Crippen MR) is 98.6 cm³/mol. The van der Waals surface area contributed by atoms with Gasteiger partial charge in [0.25, 0.3) is 0 Å². The summed E-state index contributed by atoms with van der Waals surface area (Å²) in [4.78, 5) is 12.1. The van der Waals surface area contributed by atoms with E-state index in [1.807, 2.05) is 41.3 Å². The molecule has 1 aromatic carbocycles. The van der Waals surface area contributed by atoms with E-state index in [1.54, 1.807) is 17.1 Å². The molecule has 3 rings (SSSR count). The average Bonchev–Trinajstić information content (AvgIpc) is 3.14. The molecule has 0 aliphatic carbocycles. The van der Waals surface area contributed by atoms with Crippen LogP contribution in [0, 0.1) is 0 Å². The number of amides is 1. The predicted octanol–water partition coefficient (Wildman–Crippen LogP) is 3.68. The van der Waals surface area contributed by atoms with Gasteiger partial charge in [-0.25, -0.2) is 0 Å². The lowest BCUT2D eigenvalue weighted by atomic mass is 10.2. The molecule has 0 spiro atoms. The maximum atomic E-state index is 12.1. The first kappa shape index (κ1) is 16.9. The van der Waals surface area contributed by atoms with Crippen LogP contribution in [0.25, 0.3) is 0 Å². The summed E-state index contributed by atoms with van der Waals surface area (Å²) in [6, 6.07) is 7.77. The van der Waals surface area contributed by atoms with Crippen LogP contribution in [-0.4, -0.2) is 25.5 Å². The van der Waals surface area contributed by atoms with Crippen LogP contribution in [0.3, 0.4) is 0 Å². The highest BCUT2D eigenvalue weighted by molar-refractivity contribution is 9.10. The molecular formula is C16H15Br2N5O. The molecule has 0 aliphatic rings. The number of anilines is 1. The van der Waals surface area contributed by atoms with Gasteiger partial charge in [0, 0.05) is 31.0 Å². The van der Waals surface area contributed by atoms with Crippen molar-refractivity contribution in [3.05, 3.63) is 63.6 Å². The maximum Gasteiger partial charge on any atom is 0.226 e. The monoisotopic (exact) mass is 451 g/mol. The van der Waals surface area contributed by atoms with Gasteiger partial charge < -0.3 is 5.32 Å². The fraction of sp³-hybridized carbons (Fsp3) is 0.188. The highest BCUT2D eigenvalue weighted by atomic mass is 79.9. The molecule has 0 atom stereocenters. The van der Waals surface area contributed by atoms with Crippen molar-refractivity contribution in [2.45, 2.75) is 19.5 Å². The molecule has 2 aromatic heterocycles. The Hall–Kier alpha value is -1.93. The second kappa shape index (κ2) is 7.76. The van der Waals surface area contributed by atoms with Crippen molar-refractivity contribution >= 4 is 43.5 Å². The van der Waals surface area contributed by atoms with Crippen LogP contribution < -0.4 is 5.32 Å². The van der Waals surface area contributed by atoms with Crippen molar-refractivity contribution in [3.63, 3.8) is 0 Å². The number of nitrogens with zero attached hydrogens (tertiary/aromatic N) is 4. The van der Waals surface area contributed by atoms with Gasteiger partial charge in [-0.1, -0.05) is 12.1 Å². The molecule has 0 radical (unpaired) electrons. The zero-order valence-electron chi connectivity index (χ0n) is 12.7. The van der Waals surface area contributed by atoms with Gasteiger partial charge in [-0.2, -0.15) is 10.2 Å². The van der Waals surface area contributed by atoms with E-state index in [-0.39, 0.29) is 5.91 Å². The van der Waals surface area contributed by atoms with E-state index in [4.69, 9.17) is 0 Å². The van der Waals surface area contributed by atoms with Crippen molar-refractivity contribution in [1.29, 1.82) is 0 Å². The minimum absolute atomic E-state index is 0.0411. The van der Waals surface area contributed by atoms with Crippen LogP contribution in [-0.2, 0) is 17.9 Å². The van der Waals surface area contributed by atoms with Gasteiger partial charge in [0.05, 0.1) is 27.9 Å². The topological polar surface area (TPSA) is 64.7 Å². The number of benzene rings is 1. The normalized spacial score (nSPS) is 10.8. The number of halogens is 2. The van der Waals surface area contributed by atoms with Crippen LogP contribution in [0.5, 0.6) is 0 Å². The molecule has 0 saturated heterocycles. The molecule has 0 unspecified atom stereocenters. The Morgan fingerprint density at radius 2 is 1.79 bits per heavy atom. The summed E-state index contributed by atoms with van der Waals surface area (Å²) in [5.41, 5.74) is 1.85. The van der Waals surface area contributed by atoms with Crippen molar-refractivity contribution < 1.29 is 4.79 Å². The fourth-order valence-electron chi connectivity index (χ4n) is 2.26. The molecule has 24 heavy (non-hydrogen) atoms. The summed E-state index contributed by atoms with van der Waals surface area (Å²) in [7, 11) is 0. The largest absolute Gasteiger partial charge is 0.326 e. The first-order valence-electron chi connectivity index (χ1n) is 7.33. The maximum absolute atomic E-state index is 12.1. The standard InChI is InChI=1S/C16H15Br2N5O/c17-13-7-19-22(10-13)5-4-16(24)21-15-3-1-2-12(6-15)9-23-11-14(18)8-20-23/h1-3,6-8,10-11H,4-5,9H2,(H,21,24). The van der Waals surface area contributed by atoms with Crippen LogP contribution in [0.4, 0.5) is 5.69 Å². The van der Waals surface area contributed by atoms with Crippen molar-refractivity contribution in [2.24, 2.45) is 0 Å². The zero-order valence-corrected chi connectivity index (χ0v) is 15.9. The van der Waals surface area contributed by atoms with E-state index >= 15 is 0 Å².